The zero-order valence-electron chi connectivity index (χ0n) is 10.4. The Hall–Kier alpha value is -1.89. The number of likely N-dealkylation sites (tertiary alicyclic amines) is 1. The first kappa shape index (κ1) is 12.2. The lowest BCUT2D eigenvalue weighted by molar-refractivity contribution is -0.132. The number of imidazole rings is 1. The molecule has 0 bridgehead atoms. The van der Waals surface area contributed by atoms with Crippen LogP contribution in [0.15, 0.2) is 6.33 Å². The number of anilines is 1. The van der Waals surface area contributed by atoms with E-state index in [4.69, 9.17) is 11.6 Å². The summed E-state index contributed by atoms with van der Waals surface area (Å²) in [6.07, 6.45) is 2.87. The molecule has 8 heteroatoms. The van der Waals surface area contributed by atoms with Gasteiger partial charge in [0.15, 0.2) is 11.5 Å². The maximum Gasteiger partial charge on any atom is 0.226 e. The molecule has 1 aliphatic rings. The minimum Gasteiger partial charge on any atom is -0.364 e. The molecule has 2 aromatic rings. The average Bonchev–Trinajstić information content (AvgIpc) is 2.82. The quantitative estimate of drug-likeness (QED) is 0.803. The van der Waals surface area contributed by atoms with Crippen molar-refractivity contribution in [3.8, 4) is 0 Å². The van der Waals surface area contributed by atoms with Crippen LogP contribution >= 0.6 is 11.6 Å². The number of hydrogen-bond donors (Lipinski definition) is 2. The van der Waals surface area contributed by atoms with Crippen LogP contribution < -0.4 is 5.32 Å². The van der Waals surface area contributed by atoms with Gasteiger partial charge in [0.25, 0.3) is 0 Å². The van der Waals surface area contributed by atoms with E-state index in [1.54, 1.807) is 18.3 Å². The Morgan fingerprint density at radius 1 is 1.53 bits per heavy atom. The van der Waals surface area contributed by atoms with Crippen molar-refractivity contribution in [3.05, 3.63) is 11.6 Å². The number of aromatic amines is 1. The lowest BCUT2D eigenvalue weighted by Crippen LogP contribution is -2.43. The van der Waals surface area contributed by atoms with Crippen molar-refractivity contribution >= 4 is 34.5 Å². The molecule has 0 aliphatic carbocycles. The number of piperidine rings is 1. The molecule has 100 valence electrons. The Balaban J connectivity index is 1.85. The van der Waals surface area contributed by atoms with Gasteiger partial charge < -0.3 is 15.2 Å². The molecule has 1 amide bonds. The molecule has 1 fully saturated rings. The van der Waals surface area contributed by atoms with Gasteiger partial charge in [-0.1, -0.05) is 0 Å². The minimum absolute atomic E-state index is 0.153. The zero-order chi connectivity index (χ0) is 13.4. The van der Waals surface area contributed by atoms with Crippen molar-refractivity contribution in [2.24, 2.45) is 0 Å². The second-order valence-corrected chi connectivity index (χ2v) is 4.93. The number of amides is 1. The molecule has 1 unspecified atom stereocenters. The second kappa shape index (κ2) is 4.65. The molecule has 3 heterocycles. The second-order valence-electron chi connectivity index (χ2n) is 4.60. The van der Waals surface area contributed by atoms with E-state index in [0.717, 1.165) is 11.9 Å². The fourth-order valence-corrected chi connectivity index (χ4v) is 2.40. The van der Waals surface area contributed by atoms with Gasteiger partial charge in [0.1, 0.15) is 5.52 Å². The minimum atomic E-state index is 0.153. The molecule has 0 radical (unpaired) electrons. The summed E-state index contributed by atoms with van der Waals surface area (Å²) in [7, 11) is 1.80. The van der Waals surface area contributed by atoms with E-state index in [9.17, 15) is 4.79 Å². The molecular formula is C11H13ClN6O. The number of rotatable bonds is 2. The topological polar surface area (TPSA) is 86.8 Å². The Labute approximate surface area is 114 Å². The van der Waals surface area contributed by atoms with Crippen molar-refractivity contribution in [1.82, 2.24) is 24.8 Å². The molecule has 1 saturated heterocycles. The Morgan fingerprint density at radius 3 is 3.16 bits per heavy atom. The third-order valence-corrected chi connectivity index (χ3v) is 3.39. The Morgan fingerprint density at radius 2 is 2.37 bits per heavy atom. The molecule has 1 aliphatic heterocycles. The largest absolute Gasteiger partial charge is 0.364 e. The van der Waals surface area contributed by atoms with Crippen LogP contribution in [0.25, 0.3) is 11.2 Å². The molecular weight excluding hydrogens is 268 g/mol. The Kier molecular flexibility index (Phi) is 2.98. The highest BCUT2D eigenvalue weighted by molar-refractivity contribution is 6.28. The highest BCUT2D eigenvalue weighted by Crippen LogP contribution is 2.21. The molecule has 2 aromatic heterocycles. The van der Waals surface area contributed by atoms with Gasteiger partial charge >= 0.3 is 0 Å². The van der Waals surface area contributed by atoms with Crippen LogP contribution in [-0.2, 0) is 4.79 Å². The van der Waals surface area contributed by atoms with E-state index >= 15 is 0 Å². The van der Waals surface area contributed by atoms with Crippen LogP contribution in [0.3, 0.4) is 0 Å². The van der Waals surface area contributed by atoms with Crippen molar-refractivity contribution in [2.75, 3.05) is 18.9 Å². The molecule has 19 heavy (non-hydrogen) atoms. The number of H-pyrrole nitrogens is 1. The molecule has 0 spiro atoms. The highest BCUT2D eigenvalue weighted by Gasteiger charge is 2.23. The number of nitrogens with zero attached hydrogens (tertiary/aromatic N) is 4. The average molecular weight is 281 g/mol. The molecule has 2 N–H and O–H groups in total. The van der Waals surface area contributed by atoms with E-state index in [-0.39, 0.29) is 17.2 Å². The molecule has 1 atom stereocenters. The van der Waals surface area contributed by atoms with Gasteiger partial charge in [-0.25, -0.2) is 4.98 Å². The first-order chi connectivity index (χ1) is 9.13. The molecule has 3 rings (SSSR count). The maximum atomic E-state index is 11.5. The van der Waals surface area contributed by atoms with Crippen LogP contribution in [0.1, 0.15) is 12.8 Å². The number of halogens is 1. The van der Waals surface area contributed by atoms with Crippen LogP contribution in [-0.4, -0.2) is 50.4 Å². The normalized spacial score (nSPS) is 20.0. The summed E-state index contributed by atoms with van der Waals surface area (Å²) < 4.78 is 0. The maximum absolute atomic E-state index is 11.5. The number of fused-ring (bicyclic) bond motifs is 1. The zero-order valence-corrected chi connectivity index (χ0v) is 11.1. The van der Waals surface area contributed by atoms with Crippen molar-refractivity contribution in [1.29, 1.82) is 0 Å². The van der Waals surface area contributed by atoms with Crippen LogP contribution in [0.4, 0.5) is 5.82 Å². The summed E-state index contributed by atoms with van der Waals surface area (Å²) in [5.74, 6) is 0.797. The first-order valence-corrected chi connectivity index (χ1v) is 6.38. The summed E-state index contributed by atoms with van der Waals surface area (Å²) in [5, 5.41) is 3.46. The highest BCUT2D eigenvalue weighted by atomic mass is 35.5. The van der Waals surface area contributed by atoms with E-state index in [1.807, 2.05) is 0 Å². The fraction of sp³-hybridized carbons (Fsp3) is 0.455. The Bertz CT molecular complexity index is 627. The van der Waals surface area contributed by atoms with Gasteiger partial charge in [-0.3, -0.25) is 4.79 Å². The summed E-state index contributed by atoms with van der Waals surface area (Å²) >= 11 is 5.87. The standard InChI is InChI=1S/C11H13ClN6O/c1-18-4-6(2-3-7(18)19)15-10-8-9(14-5-13-8)16-11(12)17-10/h5-6H,2-4H2,1H3,(H2,13,14,15,16,17). The molecule has 0 saturated carbocycles. The lowest BCUT2D eigenvalue weighted by Gasteiger charge is -2.30. The van der Waals surface area contributed by atoms with Crippen molar-refractivity contribution in [2.45, 2.75) is 18.9 Å². The summed E-state index contributed by atoms with van der Waals surface area (Å²) in [5.41, 5.74) is 1.26. The third kappa shape index (κ3) is 2.33. The van der Waals surface area contributed by atoms with E-state index in [2.05, 4.69) is 25.3 Å². The molecule has 0 aromatic carbocycles. The van der Waals surface area contributed by atoms with Crippen molar-refractivity contribution in [3.63, 3.8) is 0 Å². The van der Waals surface area contributed by atoms with Gasteiger partial charge in [0, 0.05) is 26.1 Å². The number of hydrogen-bond acceptors (Lipinski definition) is 5. The van der Waals surface area contributed by atoms with Crippen LogP contribution in [0.2, 0.25) is 5.28 Å². The number of aromatic nitrogens is 4. The number of carbonyl (C=O) groups is 1. The van der Waals surface area contributed by atoms with Crippen molar-refractivity contribution < 1.29 is 4.79 Å². The molecule has 7 nitrogen and oxygen atoms in total. The summed E-state index contributed by atoms with van der Waals surface area (Å²) in [6, 6.07) is 0.153. The number of likely N-dealkylation sites (N-methyl/N-ethyl adjacent to an activating group) is 1. The SMILES string of the molecule is CN1CC(Nc2nc(Cl)nc3nc[nH]c23)CCC1=O. The van der Waals surface area contributed by atoms with Crippen LogP contribution in [0, 0.1) is 0 Å². The van der Waals surface area contributed by atoms with E-state index < -0.39 is 0 Å². The fourth-order valence-electron chi connectivity index (χ4n) is 2.23. The number of carbonyl (C=O) groups excluding carboxylic acids is 1. The summed E-state index contributed by atoms with van der Waals surface area (Å²) in [6.45, 7) is 0.649. The van der Waals surface area contributed by atoms with Gasteiger partial charge in [0.05, 0.1) is 6.33 Å². The lowest BCUT2D eigenvalue weighted by atomic mass is 10.1. The first-order valence-electron chi connectivity index (χ1n) is 6.00. The van der Waals surface area contributed by atoms with E-state index in [0.29, 0.717) is 24.4 Å². The number of nitrogens with one attached hydrogen (secondary N) is 2. The third-order valence-electron chi connectivity index (χ3n) is 3.23. The summed E-state index contributed by atoms with van der Waals surface area (Å²) in [4.78, 5) is 28.4. The predicted octanol–water partition coefficient (Wildman–Crippen LogP) is 1.04. The predicted molar refractivity (Wildman–Crippen MR) is 71.0 cm³/mol. The van der Waals surface area contributed by atoms with Crippen LogP contribution in [0.5, 0.6) is 0 Å². The van der Waals surface area contributed by atoms with E-state index in [1.165, 1.54) is 0 Å². The smallest absolute Gasteiger partial charge is 0.226 e. The van der Waals surface area contributed by atoms with Gasteiger partial charge in [-0.2, -0.15) is 9.97 Å². The van der Waals surface area contributed by atoms with Gasteiger partial charge in [-0.15, -0.1) is 0 Å². The van der Waals surface area contributed by atoms with Gasteiger partial charge in [0.2, 0.25) is 11.2 Å². The monoisotopic (exact) mass is 280 g/mol. The van der Waals surface area contributed by atoms with Gasteiger partial charge in [-0.05, 0) is 18.0 Å².